The van der Waals surface area contributed by atoms with Crippen LogP contribution in [0.1, 0.15) is 13.3 Å². The lowest BCUT2D eigenvalue weighted by molar-refractivity contribution is -0.118. The first kappa shape index (κ1) is 22.5. The molecule has 3 rings (SSSR count). The van der Waals surface area contributed by atoms with Crippen molar-refractivity contribution in [3.63, 3.8) is 0 Å². The van der Waals surface area contributed by atoms with Crippen molar-refractivity contribution in [2.75, 3.05) is 28.7 Å². The van der Waals surface area contributed by atoms with Crippen molar-refractivity contribution in [2.24, 2.45) is 0 Å². The van der Waals surface area contributed by atoms with E-state index in [4.69, 9.17) is 11.6 Å². The highest BCUT2D eigenvalue weighted by Gasteiger charge is 2.20. The van der Waals surface area contributed by atoms with Crippen molar-refractivity contribution < 1.29 is 9.00 Å². The molecule has 0 aliphatic carbocycles. The van der Waals surface area contributed by atoms with Crippen molar-refractivity contribution in [1.82, 2.24) is 14.8 Å². The number of carbonyl (C=O) groups is 1. The van der Waals surface area contributed by atoms with Crippen LogP contribution < -0.4 is 4.90 Å². The van der Waals surface area contributed by atoms with E-state index in [1.165, 1.54) is 0 Å². The summed E-state index contributed by atoms with van der Waals surface area (Å²) in [5, 5.41) is 4.58. The smallest absolute Gasteiger partial charge is 0.227 e. The van der Waals surface area contributed by atoms with E-state index in [2.05, 4.69) is 10.1 Å². The Morgan fingerprint density at radius 2 is 2.00 bits per heavy atom. The fourth-order valence-corrected chi connectivity index (χ4v) is 5.38. The topological polar surface area (TPSA) is 68.1 Å². The lowest BCUT2D eigenvalue weighted by Crippen LogP contribution is -2.30. The van der Waals surface area contributed by atoms with Crippen LogP contribution in [-0.4, -0.2) is 48.7 Å². The molecule has 0 aliphatic rings. The molecule has 2 heterocycles. The maximum absolute atomic E-state index is 12.7. The number of aromatic nitrogens is 3. The summed E-state index contributed by atoms with van der Waals surface area (Å²) in [6.07, 6.45) is 5.49. The summed E-state index contributed by atoms with van der Waals surface area (Å²) in [6.45, 7) is 2.41. The quantitative estimate of drug-likeness (QED) is 0.422. The standard InChI is InChI=1S/C21H23ClN4O2S2/c1-2-25(19-16-26(24-21(19)22)17-7-6-11-23-15-17)20(27)10-12-29-13-14-30(28)18-8-4-3-5-9-18/h3-9,11,15-16H,2,10,12-14H2,1H3. The Bertz CT molecular complexity index is 983. The first-order valence-corrected chi connectivity index (χ1v) is 12.4. The average Bonchev–Trinajstić information content (AvgIpc) is 3.16. The van der Waals surface area contributed by atoms with Gasteiger partial charge in [0.15, 0.2) is 5.15 Å². The van der Waals surface area contributed by atoms with Crippen LogP contribution in [0.5, 0.6) is 0 Å². The third kappa shape index (κ3) is 5.93. The number of halogens is 1. The highest BCUT2D eigenvalue weighted by atomic mass is 35.5. The van der Waals surface area contributed by atoms with Crippen LogP contribution in [0.3, 0.4) is 0 Å². The summed E-state index contributed by atoms with van der Waals surface area (Å²) in [6, 6.07) is 13.1. The van der Waals surface area contributed by atoms with E-state index in [9.17, 15) is 9.00 Å². The number of thioether (sulfide) groups is 1. The summed E-state index contributed by atoms with van der Waals surface area (Å²) < 4.78 is 13.9. The Balaban J connectivity index is 1.51. The molecule has 0 bridgehead atoms. The highest BCUT2D eigenvalue weighted by Crippen LogP contribution is 2.26. The summed E-state index contributed by atoms with van der Waals surface area (Å²) >= 11 is 7.94. The molecular weight excluding hydrogens is 440 g/mol. The first-order valence-electron chi connectivity index (χ1n) is 9.57. The molecule has 158 valence electrons. The van der Waals surface area contributed by atoms with Gasteiger partial charge in [0.05, 0.1) is 28.9 Å². The summed E-state index contributed by atoms with van der Waals surface area (Å²) in [5.74, 6) is 1.96. The lowest BCUT2D eigenvalue weighted by atomic mass is 10.3. The van der Waals surface area contributed by atoms with E-state index in [0.29, 0.717) is 30.2 Å². The number of nitrogens with zero attached hydrogens (tertiary/aromatic N) is 4. The van der Waals surface area contributed by atoms with Gasteiger partial charge in [-0.2, -0.15) is 16.9 Å². The Morgan fingerprint density at radius 3 is 2.70 bits per heavy atom. The van der Waals surface area contributed by atoms with E-state index in [-0.39, 0.29) is 11.1 Å². The van der Waals surface area contributed by atoms with Crippen LogP contribution >= 0.6 is 23.4 Å². The van der Waals surface area contributed by atoms with E-state index in [0.717, 1.165) is 16.3 Å². The number of amides is 1. The third-order valence-electron chi connectivity index (χ3n) is 4.35. The van der Waals surface area contributed by atoms with Crippen molar-refractivity contribution in [3.8, 4) is 5.69 Å². The SMILES string of the molecule is CCN(C(=O)CCSCCS(=O)c1ccccc1)c1cn(-c2cccnc2)nc1Cl. The fourth-order valence-electron chi connectivity index (χ4n) is 2.85. The van der Waals surface area contributed by atoms with Gasteiger partial charge in [-0.25, -0.2) is 4.68 Å². The summed E-state index contributed by atoms with van der Waals surface area (Å²) in [7, 11) is -1.01. The van der Waals surface area contributed by atoms with Gasteiger partial charge in [-0.3, -0.25) is 14.0 Å². The van der Waals surface area contributed by atoms with Crippen molar-refractivity contribution in [1.29, 1.82) is 0 Å². The second kappa shape index (κ2) is 11.3. The number of benzene rings is 1. The molecule has 0 saturated carbocycles. The Kier molecular flexibility index (Phi) is 8.48. The van der Waals surface area contributed by atoms with Gasteiger partial charge in [0.1, 0.15) is 5.69 Å². The third-order valence-corrected chi connectivity index (χ3v) is 7.24. The molecule has 1 amide bonds. The Morgan fingerprint density at radius 1 is 1.20 bits per heavy atom. The molecule has 0 fully saturated rings. The van der Waals surface area contributed by atoms with Crippen LogP contribution in [-0.2, 0) is 15.6 Å². The summed E-state index contributed by atoms with van der Waals surface area (Å²) in [5.41, 5.74) is 1.36. The van der Waals surface area contributed by atoms with Gasteiger partial charge in [0.25, 0.3) is 0 Å². The van der Waals surface area contributed by atoms with Crippen LogP contribution in [0, 0.1) is 0 Å². The largest absolute Gasteiger partial charge is 0.308 e. The van der Waals surface area contributed by atoms with Gasteiger partial charge in [-0.1, -0.05) is 29.8 Å². The van der Waals surface area contributed by atoms with Crippen molar-refractivity contribution in [2.45, 2.75) is 18.2 Å². The molecule has 3 aromatic rings. The Hall–Kier alpha value is -2.16. The maximum Gasteiger partial charge on any atom is 0.227 e. The van der Waals surface area contributed by atoms with E-state index in [1.807, 2.05) is 49.4 Å². The minimum Gasteiger partial charge on any atom is -0.308 e. The minimum absolute atomic E-state index is 0.0122. The molecule has 0 aliphatic heterocycles. The van der Waals surface area contributed by atoms with Gasteiger partial charge in [-0.15, -0.1) is 0 Å². The fraction of sp³-hybridized carbons (Fsp3) is 0.286. The first-order chi connectivity index (χ1) is 14.6. The van der Waals surface area contributed by atoms with Gasteiger partial charge >= 0.3 is 0 Å². The van der Waals surface area contributed by atoms with Crippen LogP contribution in [0.15, 0.2) is 66.0 Å². The van der Waals surface area contributed by atoms with E-state index < -0.39 is 10.8 Å². The Labute approximate surface area is 188 Å². The molecule has 1 unspecified atom stereocenters. The normalized spacial score (nSPS) is 11.9. The zero-order valence-corrected chi connectivity index (χ0v) is 19.0. The zero-order valence-electron chi connectivity index (χ0n) is 16.6. The van der Waals surface area contributed by atoms with Crippen molar-refractivity contribution >= 4 is 45.8 Å². The van der Waals surface area contributed by atoms with E-state index >= 15 is 0 Å². The van der Waals surface area contributed by atoms with Gasteiger partial charge in [-0.05, 0) is 31.2 Å². The van der Waals surface area contributed by atoms with Gasteiger partial charge < -0.3 is 4.90 Å². The molecule has 0 saturated heterocycles. The van der Waals surface area contributed by atoms with Gasteiger partial charge in [0, 0.05) is 41.3 Å². The predicted octanol–water partition coefficient (Wildman–Crippen LogP) is 4.20. The zero-order chi connectivity index (χ0) is 21.3. The van der Waals surface area contributed by atoms with Crippen molar-refractivity contribution in [3.05, 3.63) is 66.2 Å². The maximum atomic E-state index is 12.7. The summed E-state index contributed by atoms with van der Waals surface area (Å²) in [4.78, 5) is 19.3. The molecule has 0 N–H and O–H groups in total. The monoisotopic (exact) mass is 462 g/mol. The van der Waals surface area contributed by atoms with Crippen LogP contribution in [0.2, 0.25) is 5.15 Å². The number of hydrogen-bond donors (Lipinski definition) is 0. The average molecular weight is 463 g/mol. The second-order valence-corrected chi connectivity index (χ2v) is 9.48. The molecule has 0 radical (unpaired) electrons. The number of carbonyl (C=O) groups excluding carboxylic acids is 1. The molecule has 1 aromatic carbocycles. The van der Waals surface area contributed by atoms with Crippen LogP contribution in [0.4, 0.5) is 5.69 Å². The number of rotatable bonds is 10. The van der Waals surface area contributed by atoms with Gasteiger partial charge in [0.2, 0.25) is 5.91 Å². The molecule has 9 heteroatoms. The minimum atomic E-state index is -1.01. The molecular formula is C21H23ClN4O2S2. The van der Waals surface area contributed by atoms with Crippen LogP contribution in [0.25, 0.3) is 5.69 Å². The number of hydrogen-bond acceptors (Lipinski definition) is 5. The predicted molar refractivity (Wildman–Crippen MR) is 124 cm³/mol. The number of pyridine rings is 1. The molecule has 0 spiro atoms. The van der Waals surface area contributed by atoms with E-state index in [1.54, 1.807) is 39.9 Å². The molecule has 30 heavy (non-hydrogen) atoms. The number of anilines is 1. The second-order valence-electron chi connectivity index (χ2n) is 6.32. The molecule has 1 atom stereocenters. The lowest BCUT2D eigenvalue weighted by Gasteiger charge is -2.19. The highest BCUT2D eigenvalue weighted by molar-refractivity contribution is 8.00. The molecule has 2 aromatic heterocycles. The molecule has 6 nitrogen and oxygen atoms in total.